The molecule has 3 heterocycles. The molecule has 2 aliphatic rings. The van der Waals surface area contributed by atoms with E-state index >= 15 is 4.11 Å². The minimum absolute atomic E-state index is 0.120. The molecule has 0 radical (unpaired) electrons. The Kier molecular flexibility index (Phi) is 10.0. The lowest BCUT2D eigenvalue weighted by Crippen LogP contribution is -2.45. The third kappa shape index (κ3) is 6.83. The number of ether oxygens (including phenoxy) is 1. The first-order valence-corrected chi connectivity index (χ1v) is 20.8. The molecular formula is C40H41FN6O6Si. The van der Waals surface area contributed by atoms with Crippen LogP contribution in [0, 0.1) is 16.0 Å². The molecule has 0 aliphatic carbocycles. The number of aromatic nitrogens is 3. The molecule has 2 N–H and O–H groups in total. The number of hydrogen-bond donors (Lipinski definition) is 2. The van der Waals surface area contributed by atoms with Gasteiger partial charge in [-0.05, 0) is 61.0 Å². The van der Waals surface area contributed by atoms with Crippen LogP contribution in [0.1, 0.15) is 52.0 Å². The average Bonchev–Trinajstić information content (AvgIpc) is 3.82. The minimum atomic E-state index is -3.51. The lowest BCUT2D eigenvalue weighted by Gasteiger charge is -2.31. The number of rotatable bonds is 12. The van der Waals surface area contributed by atoms with E-state index in [0.29, 0.717) is 41.2 Å². The van der Waals surface area contributed by atoms with Gasteiger partial charge in [-0.1, -0.05) is 72.8 Å². The number of fused-ring (bicyclic) bond motifs is 2. The summed E-state index contributed by atoms with van der Waals surface area (Å²) in [7, 11) is -3.51. The molecule has 4 aromatic carbocycles. The molecule has 12 nitrogen and oxygen atoms in total. The molecule has 2 amide bonds. The van der Waals surface area contributed by atoms with Crippen LogP contribution in [-0.2, 0) is 28.2 Å². The Hall–Kier alpha value is -5.57. The van der Waals surface area contributed by atoms with Gasteiger partial charge in [-0.25, -0.2) is 0 Å². The van der Waals surface area contributed by atoms with Crippen molar-refractivity contribution in [3.63, 3.8) is 0 Å². The van der Waals surface area contributed by atoms with Crippen LogP contribution in [-0.4, -0.2) is 58.0 Å². The molecule has 278 valence electrons. The molecule has 5 aromatic rings. The highest BCUT2D eigenvalue weighted by Crippen LogP contribution is 2.60. The van der Waals surface area contributed by atoms with Gasteiger partial charge in [-0.3, -0.25) is 24.4 Å². The van der Waals surface area contributed by atoms with Gasteiger partial charge in [0.1, 0.15) is 0 Å². The van der Waals surface area contributed by atoms with Gasteiger partial charge in [-0.2, -0.15) is 0 Å². The Morgan fingerprint density at radius 3 is 2.39 bits per heavy atom. The number of nitrogens with one attached hydrogen (secondary N) is 1. The van der Waals surface area contributed by atoms with Gasteiger partial charge < -0.3 is 24.2 Å². The second-order valence-electron chi connectivity index (χ2n) is 14.5. The second kappa shape index (κ2) is 14.7. The molecule has 2 aliphatic heterocycles. The van der Waals surface area contributed by atoms with Gasteiger partial charge >= 0.3 is 0 Å². The Morgan fingerprint density at radius 1 is 1.06 bits per heavy atom. The summed E-state index contributed by atoms with van der Waals surface area (Å²) >= 11 is 0. The van der Waals surface area contributed by atoms with E-state index in [-0.39, 0.29) is 30.7 Å². The predicted molar refractivity (Wildman–Crippen MR) is 203 cm³/mol. The number of aliphatic hydroxyl groups is 1. The quantitative estimate of drug-likeness (QED) is 0.0601. The van der Waals surface area contributed by atoms with E-state index in [2.05, 4.69) is 15.6 Å². The summed E-state index contributed by atoms with van der Waals surface area (Å²) < 4.78 is 24.9. The zero-order chi connectivity index (χ0) is 38.2. The standard InChI is InChI=1S/C40H41FN6O6Si/c1-26-37(54(2,3)41)36(20-21-45-24-34(43-44-45)32(25-48)28-10-6-4-7-11-28)53-40(26)33-22-31(47(51)52)18-19-35(33)46(39(40)50)23-27-14-16-30(17-15-27)42-38(49)29-12-8-5-9-13-29/h4-19,22,24,26,32,36-37,48H,20-21,23,25H2,1-3H3,(H,42,49)/t26-,32?,36+,37-,40+/m0/s1. The number of nitro benzene ring substituents is 1. The Morgan fingerprint density at radius 2 is 1.74 bits per heavy atom. The summed E-state index contributed by atoms with van der Waals surface area (Å²) in [5.74, 6) is -1.67. The number of aliphatic hydroxyl groups excluding tert-OH is 1. The summed E-state index contributed by atoms with van der Waals surface area (Å²) in [6.45, 7) is 5.29. The van der Waals surface area contributed by atoms with E-state index in [9.17, 15) is 24.8 Å². The number of hydrogen-bond acceptors (Lipinski definition) is 8. The van der Waals surface area contributed by atoms with E-state index in [1.807, 2.05) is 43.3 Å². The van der Waals surface area contributed by atoms with Gasteiger partial charge in [-0.15, -0.1) is 5.10 Å². The SMILES string of the molecule is C[C@H]1[C@H]([Si](C)(C)F)[C@@H](CCn2cc(C(CO)c3ccccc3)nn2)O[C@]12C(=O)N(Cc1ccc(NC(=O)c3ccccc3)cc1)c1ccc([N+](=O)[O-])cc12. The Labute approximate surface area is 312 Å². The molecule has 1 saturated heterocycles. The number of nitro groups is 1. The third-order valence-electron chi connectivity index (χ3n) is 10.7. The number of anilines is 2. The summed E-state index contributed by atoms with van der Waals surface area (Å²) in [6.07, 6.45) is 1.36. The number of non-ortho nitro benzene ring substituents is 1. The normalized spacial score (nSPS) is 21.3. The van der Waals surface area contributed by atoms with Crippen molar-refractivity contribution < 1.29 is 28.5 Å². The predicted octanol–water partition coefficient (Wildman–Crippen LogP) is 6.97. The van der Waals surface area contributed by atoms with Crippen LogP contribution in [0.3, 0.4) is 0 Å². The number of benzene rings is 4. The van der Waals surface area contributed by atoms with Crippen molar-refractivity contribution >= 4 is 37.3 Å². The Bertz CT molecular complexity index is 2160. The topological polar surface area (TPSA) is 153 Å². The minimum Gasteiger partial charge on any atom is -0.395 e. The molecule has 5 atom stereocenters. The molecule has 14 heteroatoms. The maximum Gasteiger partial charge on any atom is 0.269 e. The van der Waals surface area contributed by atoms with E-state index in [4.69, 9.17) is 4.74 Å². The average molecular weight is 749 g/mol. The van der Waals surface area contributed by atoms with Crippen molar-refractivity contribution in [2.75, 3.05) is 16.8 Å². The van der Waals surface area contributed by atoms with Crippen molar-refractivity contribution in [3.05, 3.63) is 147 Å². The van der Waals surface area contributed by atoms with Crippen LogP contribution in [0.5, 0.6) is 0 Å². The summed E-state index contributed by atoms with van der Waals surface area (Å²) in [6, 6.07) is 29.8. The lowest BCUT2D eigenvalue weighted by molar-refractivity contribution is -0.385. The zero-order valence-corrected chi connectivity index (χ0v) is 31.1. The van der Waals surface area contributed by atoms with Crippen molar-refractivity contribution in [3.8, 4) is 0 Å². The maximum atomic E-state index is 16.4. The molecule has 1 unspecified atom stereocenters. The van der Waals surface area contributed by atoms with Crippen LogP contribution in [0.25, 0.3) is 0 Å². The molecule has 1 fully saturated rings. The van der Waals surface area contributed by atoms with Crippen molar-refractivity contribution in [1.82, 2.24) is 15.0 Å². The smallest absolute Gasteiger partial charge is 0.269 e. The molecule has 1 spiro atoms. The van der Waals surface area contributed by atoms with E-state index in [0.717, 1.165) is 11.1 Å². The van der Waals surface area contributed by atoms with Crippen molar-refractivity contribution in [1.29, 1.82) is 0 Å². The Balaban J connectivity index is 1.16. The third-order valence-corrected chi connectivity index (χ3v) is 13.1. The first kappa shape index (κ1) is 36.8. The number of nitrogens with zero attached hydrogens (tertiary/aromatic N) is 5. The van der Waals surface area contributed by atoms with Crippen LogP contribution in [0.15, 0.2) is 109 Å². The van der Waals surface area contributed by atoms with Gasteiger partial charge in [0.25, 0.3) is 17.5 Å². The number of carbonyl (C=O) groups is 2. The second-order valence-corrected chi connectivity index (χ2v) is 18.3. The van der Waals surface area contributed by atoms with Gasteiger partial charge in [0, 0.05) is 53.1 Å². The van der Waals surface area contributed by atoms with Gasteiger partial charge in [0.05, 0.1) is 41.5 Å². The number of carbonyl (C=O) groups excluding carboxylic acids is 2. The van der Waals surface area contributed by atoms with Crippen LogP contribution in [0.2, 0.25) is 18.6 Å². The van der Waals surface area contributed by atoms with Crippen LogP contribution < -0.4 is 10.2 Å². The summed E-state index contributed by atoms with van der Waals surface area (Å²) in [5.41, 5.74) is 1.68. The highest BCUT2D eigenvalue weighted by molar-refractivity contribution is 6.72. The molecule has 0 bridgehead atoms. The first-order valence-electron chi connectivity index (χ1n) is 17.9. The highest BCUT2D eigenvalue weighted by atomic mass is 28.4. The van der Waals surface area contributed by atoms with Crippen molar-refractivity contribution in [2.45, 2.75) is 62.7 Å². The largest absolute Gasteiger partial charge is 0.395 e. The fraction of sp³-hybridized carbons (Fsp3) is 0.300. The lowest BCUT2D eigenvalue weighted by atomic mass is 9.82. The van der Waals surface area contributed by atoms with Gasteiger partial charge in [0.2, 0.25) is 8.41 Å². The van der Waals surface area contributed by atoms with Crippen LogP contribution in [0.4, 0.5) is 21.2 Å². The fourth-order valence-electron chi connectivity index (χ4n) is 8.14. The monoisotopic (exact) mass is 748 g/mol. The maximum absolute atomic E-state index is 16.4. The number of aryl methyl sites for hydroxylation is 1. The fourth-order valence-corrected chi connectivity index (χ4v) is 10.7. The number of amides is 2. The molecule has 1 aromatic heterocycles. The highest BCUT2D eigenvalue weighted by Gasteiger charge is 2.66. The van der Waals surface area contributed by atoms with E-state index in [1.165, 1.54) is 12.1 Å². The number of halogens is 1. The van der Waals surface area contributed by atoms with E-state index < -0.39 is 42.4 Å². The molecular weight excluding hydrogens is 708 g/mol. The molecule has 0 saturated carbocycles. The molecule has 54 heavy (non-hydrogen) atoms. The summed E-state index contributed by atoms with van der Waals surface area (Å²) in [4.78, 5) is 40.5. The van der Waals surface area contributed by atoms with Crippen molar-refractivity contribution in [2.24, 2.45) is 5.92 Å². The first-order chi connectivity index (χ1) is 25.9. The van der Waals surface area contributed by atoms with E-state index in [1.54, 1.807) is 83.5 Å². The molecule has 7 rings (SSSR count). The zero-order valence-electron chi connectivity index (χ0n) is 30.1. The summed E-state index contributed by atoms with van der Waals surface area (Å²) in [5, 5.41) is 33.6. The van der Waals surface area contributed by atoms with Gasteiger partial charge in [0.15, 0.2) is 5.60 Å². The van der Waals surface area contributed by atoms with Crippen LogP contribution >= 0.6 is 0 Å².